The smallest absolute Gasteiger partial charge is 0.308 e. The molecule has 2 atom stereocenters. The van der Waals surface area contributed by atoms with Gasteiger partial charge in [-0.3, -0.25) is 4.79 Å². The third-order valence-electron chi connectivity index (χ3n) is 4.97. The van der Waals surface area contributed by atoms with Crippen molar-refractivity contribution in [3.05, 3.63) is 0 Å². The first kappa shape index (κ1) is 13.9. The van der Waals surface area contributed by atoms with Gasteiger partial charge in [-0.1, -0.05) is 19.8 Å². The van der Waals surface area contributed by atoms with Crippen LogP contribution in [0.1, 0.15) is 51.9 Å². The first-order valence-electron chi connectivity index (χ1n) is 7.52. The highest BCUT2D eigenvalue weighted by atomic mass is 16.5. The molecule has 3 nitrogen and oxygen atoms in total. The van der Waals surface area contributed by atoms with E-state index in [0.29, 0.717) is 6.04 Å². The third-order valence-corrected chi connectivity index (χ3v) is 4.97. The molecule has 104 valence electrons. The molecule has 0 bridgehead atoms. The maximum atomic E-state index is 11.4. The number of nitrogens with one attached hydrogen (secondary N) is 1. The van der Waals surface area contributed by atoms with E-state index in [1.54, 1.807) is 0 Å². The molecule has 2 saturated carbocycles. The summed E-state index contributed by atoms with van der Waals surface area (Å²) in [5.74, 6) is 1.91. The van der Waals surface area contributed by atoms with Crippen LogP contribution in [-0.4, -0.2) is 25.7 Å². The number of carbonyl (C=O) groups is 1. The lowest BCUT2D eigenvalue weighted by Crippen LogP contribution is -2.38. The van der Waals surface area contributed by atoms with Crippen molar-refractivity contribution in [2.24, 2.45) is 17.8 Å². The Kier molecular flexibility index (Phi) is 5.04. The van der Waals surface area contributed by atoms with Gasteiger partial charge in [0.25, 0.3) is 0 Å². The van der Waals surface area contributed by atoms with Crippen LogP contribution < -0.4 is 5.32 Å². The molecule has 0 spiro atoms. The number of hydrogen-bond donors (Lipinski definition) is 1. The van der Waals surface area contributed by atoms with E-state index in [1.165, 1.54) is 32.9 Å². The molecular weight excluding hydrogens is 226 g/mol. The second kappa shape index (κ2) is 6.55. The van der Waals surface area contributed by atoms with Crippen LogP contribution in [-0.2, 0) is 9.53 Å². The zero-order chi connectivity index (χ0) is 13.0. The molecule has 2 rings (SSSR count). The molecule has 0 aromatic rings. The summed E-state index contributed by atoms with van der Waals surface area (Å²) in [6.07, 6.45) is 8.44. The summed E-state index contributed by atoms with van der Waals surface area (Å²) in [6, 6.07) is 0.624. The lowest BCUT2D eigenvalue weighted by molar-refractivity contribution is -0.146. The number of methoxy groups -OCH3 is 1. The maximum Gasteiger partial charge on any atom is 0.308 e. The van der Waals surface area contributed by atoms with Gasteiger partial charge in [0, 0.05) is 6.04 Å². The minimum atomic E-state index is -0.0159. The van der Waals surface area contributed by atoms with Crippen LogP contribution in [0.3, 0.4) is 0 Å². The van der Waals surface area contributed by atoms with Gasteiger partial charge in [-0.2, -0.15) is 0 Å². The Morgan fingerprint density at radius 2 is 1.89 bits per heavy atom. The number of rotatable bonds is 4. The van der Waals surface area contributed by atoms with Gasteiger partial charge in [0.05, 0.1) is 13.0 Å². The van der Waals surface area contributed by atoms with Gasteiger partial charge in [0.15, 0.2) is 0 Å². The van der Waals surface area contributed by atoms with Crippen LogP contribution in [0.2, 0.25) is 0 Å². The summed E-state index contributed by atoms with van der Waals surface area (Å²) < 4.78 is 4.82. The average Bonchev–Trinajstić information content (AvgIpc) is 2.81. The summed E-state index contributed by atoms with van der Waals surface area (Å²) in [5, 5.41) is 3.72. The Balaban J connectivity index is 1.66. The van der Waals surface area contributed by atoms with Crippen LogP contribution in [0.4, 0.5) is 0 Å². The minimum absolute atomic E-state index is 0.0159. The Morgan fingerprint density at radius 1 is 1.17 bits per heavy atom. The van der Waals surface area contributed by atoms with Crippen LogP contribution in [0, 0.1) is 17.8 Å². The predicted molar refractivity (Wildman–Crippen MR) is 72.3 cm³/mol. The van der Waals surface area contributed by atoms with Gasteiger partial charge in [-0.15, -0.1) is 0 Å². The summed E-state index contributed by atoms with van der Waals surface area (Å²) in [4.78, 5) is 11.4. The number of carbonyl (C=O) groups excluding carboxylic acids is 1. The van der Waals surface area contributed by atoms with Crippen molar-refractivity contribution in [2.45, 2.75) is 57.9 Å². The maximum absolute atomic E-state index is 11.4. The van der Waals surface area contributed by atoms with Crippen molar-refractivity contribution in [1.29, 1.82) is 0 Å². The van der Waals surface area contributed by atoms with E-state index in [0.717, 1.165) is 37.5 Å². The second-order valence-electron chi connectivity index (χ2n) is 6.15. The van der Waals surface area contributed by atoms with E-state index < -0.39 is 0 Å². The Hall–Kier alpha value is -0.570. The molecule has 2 aliphatic carbocycles. The highest BCUT2D eigenvalue weighted by molar-refractivity contribution is 5.72. The molecule has 3 heteroatoms. The van der Waals surface area contributed by atoms with Gasteiger partial charge in [0.2, 0.25) is 0 Å². The third kappa shape index (κ3) is 3.47. The van der Waals surface area contributed by atoms with Crippen LogP contribution in [0.5, 0.6) is 0 Å². The summed E-state index contributed by atoms with van der Waals surface area (Å²) in [6.45, 7) is 3.56. The molecule has 0 aromatic carbocycles. The Bertz CT molecular complexity index is 272. The lowest BCUT2D eigenvalue weighted by atomic mass is 9.85. The molecule has 1 N–H and O–H groups in total. The summed E-state index contributed by atoms with van der Waals surface area (Å²) >= 11 is 0. The van der Waals surface area contributed by atoms with Crippen molar-refractivity contribution in [3.8, 4) is 0 Å². The van der Waals surface area contributed by atoms with E-state index in [4.69, 9.17) is 4.74 Å². The van der Waals surface area contributed by atoms with E-state index in [2.05, 4.69) is 12.2 Å². The molecule has 0 heterocycles. The van der Waals surface area contributed by atoms with E-state index in [-0.39, 0.29) is 11.9 Å². The fourth-order valence-corrected chi connectivity index (χ4v) is 3.54. The predicted octanol–water partition coefficient (Wildman–Crippen LogP) is 2.74. The van der Waals surface area contributed by atoms with Crippen LogP contribution in [0.15, 0.2) is 0 Å². The fourth-order valence-electron chi connectivity index (χ4n) is 3.54. The first-order valence-corrected chi connectivity index (χ1v) is 7.52. The van der Waals surface area contributed by atoms with E-state index >= 15 is 0 Å². The van der Waals surface area contributed by atoms with Gasteiger partial charge in [-0.25, -0.2) is 0 Å². The highest BCUT2D eigenvalue weighted by Gasteiger charge is 2.28. The second-order valence-corrected chi connectivity index (χ2v) is 6.15. The van der Waals surface area contributed by atoms with E-state index in [1.807, 2.05) is 0 Å². The molecule has 0 amide bonds. The quantitative estimate of drug-likeness (QED) is 0.783. The first-order chi connectivity index (χ1) is 8.70. The average molecular weight is 253 g/mol. The van der Waals surface area contributed by atoms with Gasteiger partial charge in [-0.05, 0) is 50.5 Å². The highest BCUT2D eigenvalue weighted by Crippen LogP contribution is 2.31. The zero-order valence-corrected chi connectivity index (χ0v) is 11.8. The molecule has 0 aromatic heterocycles. The van der Waals surface area contributed by atoms with Crippen molar-refractivity contribution < 1.29 is 9.53 Å². The summed E-state index contributed by atoms with van der Waals surface area (Å²) in [7, 11) is 1.49. The van der Waals surface area contributed by atoms with Gasteiger partial charge >= 0.3 is 5.97 Å². The molecular formula is C15H27NO2. The normalized spacial score (nSPS) is 36.6. The largest absolute Gasteiger partial charge is 0.469 e. The number of hydrogen-bond acceptors (Lipinski definition) is 3. The molecule has 2 aliphatic rings. The fraction of sp³-hybridized carbons (Fsp3) is 0.933. The standard InChI is InChI=1S/C15H27NO2/c1-11-4-3-5-13(11)10-16-14-8-6-12(7-9-14)15(17)18-2/h11-14,16H,3-10H2,1-2H3. The van der Waals surface area contributed by atoms with Crippen LogP contribution >= 0.6 is 0 Å². The summed E-state index contributed by atoms with van der Waals surface area (Å²) in [5.41, 5.74) is 0. The molecule has 0 radical (unpaired) electrons. The van der Waals surface area contributed by atoms with Crippen molar-refractivity contribution in [3.63, 3.8) is 0 Å². The van der Waals surface area contributed by atoms with Crippen molar-refractivity contribution >= 4 is 5.97 Å². The van der Waals surface area contributed by atoms with E-state index in [9.17, 15) is 4.79 Å². The molecule has 0 saturated heterocycles. The zero-order valence-electron chi connectivity index (χ0n) is 11.8. The minimum Gasteiger partial charge on any atom is -0.469 e. The van der Waals surface area contributed by atoms with Gasteiger partial charge < -0.3 is 10.1 Å². The monoisotopic (exact) mass is 253 g/mol. The van der Waals surface area contributed by atoms with Crippen molar-refractivity contribution in [2.75, 3.05) is 13.7 Å². The van der Waals surface area contributed by atoms with Crippen molar-refractivity contribution in [1.82, 2.24) is 5.32 Å². The van der Waals surface area contributed by atoms with Crippen LogP contribution in [0.25, 0.3) is 0 Å². The lowest BCUT2D eigenvalue weighted by Gasteiger charge is -2.29. The number of ether oxygens (including phenoxy) is 1. The molecule has 18 heavy (non-hydrogen) atoms. The Labute approximate surface area is 111 Å². The SMILES string of the molecule is COC(=O)C1CCC(NCC2CCCC2C)CC1. The molecule has 2 unspecified atom stereocenters. The number of esters is 1. The Morgan fingerprint density at radius 3 is 2.44 bits per heavy atom. The molecule has 2 fully saturated rings. The van der Waals surface area contributed by atoms with Gasteiger partial charge in [0.1, 0.15) is 0 Å². The topological polar surface area (TPSA) is 38.3 Å². The molecule has 0 aliphatic heterocycles.